The second-order valence-corrected chi connectivity index (χ2v) is 4.69. The van der Waals surface area contributed by atoms with Crippen LogP contribution in [0.5, 0.6) is 0 Å². The van der Waals surface area contributed by atoms with Gasteiger partial charge in [0.2, 0.25) is 0 Å². The van der Waals surface area contributed by atoms with Crippen LogP contribution in [0.4, 0.5) is 17.6 Å². The monoisotopic (exact) mass is 279 g/mol. The lowest BCUT2D eigenvalue weighted by molar-refractivity contribution is -0.140. The molecule has 2 N–H and O–H groups in total. The zero-order valence-corrected chi connectivity index (χ0v) is 10.3. The van der Waals surface area contributed by atoms with Gasteiger partial charge in [-0.05, 0) is 32.0 Å². The van der Waals surface area contributed by atoms with Gasteiger partial charge in [-0.25, -0.2) is 4.39 Å². The molecule has 0 saturated heterocycles. The maximum absolute atomic E-state index is 13.0. The van der Waals surface area contributed by atoms with Crippen LogP contribution in [0.25, 0.3) is 0 Å². The molecule has 0 unspecified atom stereocenters. The van der Waals surface area contributed by atoms with E-state index in [0.29, 0.717) is 12.1 Å². The third kappa shape index (κ3) is 3.92. The second kappa shape index (κ2) is 5.16. The molecule has 0 saturated carbocycles. The van der Waals surface area contributed by atoms with E-state index in [9.17, 15) is 22.4 Å². The number of amides is 1. The Labute approximate surface area is 107 Å². The van der Waals surface area contributed by atoms with Gasteiger partial charge in [0.15, 0.2) is 0 Å². The third-order valence-electron chi connectivity index (χ3n) is 2.38. The van der Waals surface area contributed by atoms with Gasteiger partial charge >= 0.3 is 6.18 Å². The van der Waals surface area contributed by atoms with Crippen LogP contribution in [-0.4, -0.2) is 23.2 Å². The lowest BCUT2D eigenvalue weighted by Crippen LogP contribution is -2.46. The van der Waals surface area contributed by atoms with Crippen LogP contribution in [-0.2, 0) is 6.18 Å². The quantitative estimate of drug-likeness (QED) is 0.834. The second-order valence-electron chi connectivity index (χ2n) is 4.69. The molecule has 0 aliphatic heterocycles. The van der Waals surface area contributed by atoms with Gasteiger partial charge in [0, 0.05) is 5.56 Å². The molecule has 106 valence electrons. The highest BCUT2D eigenvalue weighted by Crippen LogP contribution is 2.31. The third-order valence-corrected chi connectivity index (χ3v) is 2.38. The Morgan fingerprint density at radius 3 is 2.37 bits per heavy atom. The first-order valence-electron chi connectivity index (χ1n) is 5.37. The molecular weight excluding hydrogens is 266 g/mol. The summed E-state index contributed by atoms with van der Waals surface area (Å²) in [6.45, 7) is 2.62. The molecule has 1 aromatic carbocycles. The fourth-order valence-corrected chi connectivity index (χ4v) is 1.30. The van der Waals surface area contributed by atoms with Gasteiger partial charge in [-0.2, -0.15) is 13.2 Å². The van der Waals surface area contributed by atoms with E-state index in [0.717, 1.165) is 6.07 Å². The molecule has 0 bridgehead atoms. The molecule has 0 spiro atoms. The first-order chi connectivity index (χ1) is 8.57. The molecule has 3 nitrogen and oxygen atoms in total. The van der Waals surface area contributed by atoms with Crippen molar-refractivity contribution in [2.75, 3.05) is 6.61 Å². The Balaban J connectivity index is 3.07. The van der Waals surface area contributed by atoms with Crippen LogP contribution in [0, 0.1) is 5.82 Å². The number of halogens is 4. The summed E-state index contributed by atoms with van der Waals surface area (Å²) in [7, 11) is 0. The average Bonchev–Trinajstić information content (AvgIpc) is 2.27. The van der Waals surface area contributed by atoms with Crippen molar-refractivity contribution in [1.82, 2.24) is 5.32 Å². The molecule has 19 heavy (non-hydrogen) atoms. The summed E-state index contributed by atoms with van der Waals surface area (Å²) in [4.78, 5) is 11.7. The standard InChI is InChI=1S/C12H13F4NO2/c1-11(2,6-18)17-10(19)7-3-4-9(13)8(5-7)12(14,15)16/h3-5,18H,6H2,1-2H3,(H,17,19). The predicted molar refractivity (Wildman–Crippen MR) is 60.0 cm³/mol. The smallest absolute Gasteiger partial charge is 0.394 e. The van der Waals surface area contributed by atoms with E-state index >= 15 is 0 Å². The van der Waals surface area contributed by atoms with Crippen LogP contribution in [0.1, 0.15) is 29.8 Å². The number of hydrogen-bond donors (Lipinski definition) is 2. The van der Waals surface area contributed by atoms with E-state index in [1.54, 1.807) is 0 Å². The van der Waals surface area contributed by atoms with Crippen molar-refractivity contribution in [2.24, 2.45) is 0 Å². The van der Waals surface area contributed by atoms with Gasteiger partial charge < -0.3 is 10.4 Å². The summed E-state index contributed by atoms with van der Waals surface area (Å²) >= 11 is 0. The minimum absolute atomic E-state index is 0.324. The fourth-order valence-electron chi connectivity index (χ4n) is 1.30. The topological polar surface area (TPSA) is 49.3 Å². The Morgan fingerprint density at radius 1 is 1.32 bits per heavy atom. The van der Waals surface area contributed by atoms with E-state index < -0.39 is 29.0 Å². The number of alkyl halides is 3. The minimum atomic E-state index is -4.87. The van der Waals surface area contributed by atoms with Gasteiger partial charge in [-0.3, -0.25) is 4.79 Å². The molecule has 1 amide bonds. The van der Waals surface area contributed by atoms with E-state index in [1.165, 1.54) is 13.8 Å². The summed E-state index contributed by atoms with van der Waals surface area (Å²) in [5, 5.41) is 11.3. The van der Waals surface area contributed by atoms with Gasteiger partial charge in [-0.15, -0.1) is 0 Å². The number of benzene rings is 1. The van der Waals surface area contributed by atoms with E-state index in [1.807, 2.05) is 0 Å². The van der Waals surface area contributed by atoms with E-state index in [2.05, 4.69) is 5.32 Å². The lowest BCUT2D eigenvalue weighted by Gasteiger charge is -2.23. The van der Waals surface area contributed by atoms with Crippen LogP contribution in [0.15, 0.2) is 18.2 Å². The first kappa shape index (κ1) is 15.4. The Kier molecular flexibility index (Phi) is 4.19. The Hall–Kier alpha value is -1.63. The van der Waals surface area contributed by atoms with Gasteiger partial charge in [0.25, 0.3) is 5.91 Å². The largest absolute Gasteiger partial charge is 0.419 e. The van der Waals surface area contributed by atoms with Gasteiger partial charge in [-0.1, -0.05) is 0 Å². The molecule has 0 aromatic heterocycles. The lowest BCUT2D eigenvalue weighted by atomic mass is 10.0. The molecule has 0 atom stereocenters. The van der Waals surface area contributed by atoms with Gasteiger partial charge in [0.1, 0.15) is 5.82 Å². The van der Waals surface area contributed by atoms with E-state index in [-0.39, 0.29) is 12.2 Å². The highest BCUT2D eigenvalue weighted by atomic mass is 19.4. The Bertz CT molecular complexity index is 483. The van der Waals surface area contributed by atoms with Crippen molar-refractivity contribution in [1.29, 1.82) is 0 Å². The van der Waals surface area contributed by atoms with Crippen molar-refractivity contribution >= 4 is 5.91 Å². The predicted octanol–water partition coefficient (Wildman–Crippen LogP) is 2.35. The van der Waals surface area contributed by atoms with Crippen molar-refractivity contribution < 1.29 is 27.5 Å². The first-order valence-corrected chi connectivity index (χ1v) is 5.37. The summed E-state index contributed by atoms with van der Waals surface area (Å²) in [6, 6.07) is 1.98. The van der Waals surface area contributed by atoms with Crippen molar-refractivity contribution in [3.8, 4) is 0 Å². The summed E-state index contributed by atoms with van der Waals surface area (Å²) in [6.07, 6.45) is -4.87. The maximum Gasteiger partial charge on any atom is 0.419 e. The highest BCUT2D eigenvalue weighted by Gasteiger charge is 2.35. The number of rotatable bonds is 3. The van der Waals surface area contributed by atoms with Crippen LogP contribution in [0.2, 0.25) is 0 Å². The molecule has 0 heterocycles. The summed E-state index contributed by atoms with van der Waals surface area (Å²) in [5.74, 6) is -2.25. The van der Waals surface area contributed by atoms with Crippen molar-refractivity contribution in [3.05, 3.63) is 35.1 Å². The SMILES string of the molecule is CC(C)(CO)NC(=O)c1ccc(F)c(C(F)(F)F)c1. The van der Waals surface area contributed by atoms with Crippen LogP contribution in [0.3, 0.4) is 0 Å². The molecule has 1 aromatic rings. The van der Waals surface area contributed by atoms with Gasteiger partial charge in [0.05, 0.1) is 17.7 Å². The number of nitrogens with one attached hydrogen (secondary N) is 1. The number of carbonyl (C=O) groups is 1. The average molecular weight is 279 g/mol. The molecular formula is C12H13F4NO2. The van der Waals surface area contributed by atoms with Crippen molar-refractivity contribution in [2.45, 2.75) is 25.6 Å². The van der Waals surface area contributed by atoms with E-state index in [4.69, 9.17) is 5.11 Å². The molecule has 7 heteroatoms. The summed E-state index contributed by atoms with van der Waals surface area (Å²) in [5.41, 5.74) is -2.80. The highest BCUT2D eigenvalue weighted by molar-refractivity contribution is 5.94. The number of aliphatic hydroxyl groups excluding tert-OH is 1. The maximum atomic E-state index is 13.0. The molecule has 1 rings (SSSR count). The minimum Gasteiger partial charge on any atom is -0.394 e. The fraction of sp³-hybridized carbons (Fsp3) is 0.417. The van der Waals surface area contributed by atoms with Crippen LogP contribution < -0.4 is 5.32 Å². The molecule has 0 aliphatic carbocycles. The molecule has 0 fully saturated rings. The number of aliphatic hydroxyl groups is 1. The molecule has 0 aliphatic rings. The molecule has 0 radical (unpaired) electrons. The number of carbonyl (C=O) groups excluding carboxylic acids is 1. The van der Waals surface area contributed by atoms with Crippen molar-refractivity contribution in [3.63, 3.8) is 0 Å². The number of hydrogen-bond acceptors (Lipinski definition) is 2. The van der Waals surface area contributed by atoms with Crippen LogP contribution >= 0.6 is 0 Å². The zero-order valence-electron chi connectivity index (χ0n) is 10.3. The zero-order chi connectivity index (χ0) is 14.8. The Morgan fingerprint density at radius 2 is 1.89 bits per heavy atom. The summed E-state index contributed by atoms with van der Waals surface area (Å²) < 4.78 is 50.5. The normalized spacial score (nSPS) is 12.4.